The van der Waals surface area contributed by atoms with Crippen molar-refractivity contribution >= 4 is 16.2 Å². The second-order valence-corrected chi connectivity index (χ2v) is 7.45. The monoisotopic (exact) mass is 308 g/mol. The molecule has 0 radical (unpaired) electrons. The quantitative estimate of drug-likeness (QED) is 0.678. The Hall–Kier alpha value is -0.700. The van der Waals surface area contributed by atoms with Crippen molar-refractivity contribution in [3.8, 4) is 0 Å². The predicted octanol–water partition coefficient (Wildman–Crippen LogP) is 0.431. The summed E-state index contributed by atoms with van der Waals surface area (Å²) in [5.74, 6) is -1.02. The van der Waals surface area contributed by atoms with Gasteiger partial charge < -0.3 is 9.84 Å². The van der Waals surface area contributed by atoms with Gasteiger partial charge in [-0.25, -0.2) is 0 Å². The highest BCUT2D eigenvalue weighted by molar-refractivity contribution is 7.87. The van der Waals surface area contributed by atoms with Gasteiger partial charge >= 0.3 is 5.97 Å². The van der Waals surface area contributed by atoms with E-state index in [1.165, 1.54) is 7.05 Å². The Morgan fingerprint density at radius 1 is 1.50 bits per heavy atom. The predicted molar refractivity (Wildman–Crippen MR) is 74.5 cm³/mol. The lowest BCUT2D eigenvalue weighted by atomic mass is 9.65. The van der Waals surface area contributed by atoms with Crippen molar-refractivity contribution in [1.29, 1.82) is 0 Å². The van der Waals surface area contributed by atoms with E-state index in [-0.39, 0.29) is 30.5 Å². The van der Waals surface area contributed by atoms with Crippen LogP contribution in [0.1, 0.15) is 33.6 Å². The summed E-state index contributed by atoms with van der Waals surface area (Å²) in [6.07, 6.45) is 0.462. The molecule has 20 heavy (non-hydrogen) atoms. The second kappa shape index (κ2) is 6.38. The summed E-state index contributed by atoms with van der Waals surface area (Å²) in [7, 11) is -2.29. The molecule has 1 rings (SSSR count). The third-order valence-corrected chi connectivity index (χ3v) is 5.47. The lowest BCUT2D eigenvalue weighted by molar-refractivity contribution is -0.137. The topological polar surface area (TPSA) is 95.9 Å². The second-order valence-electron chi connectivity index (χ2n) is 5.64. The SMILES string of the molecule is CCOC1CC(NS(=O)(=O)N(C)CCC(=O)O)C1(C)C. The van der Waals surface area contributed by atoms with Crippen LogP contribution in [0.25, 0.3) is 0 Å². The normalized spacial score (nSPS) is 25.4. The van der Waals surface area contributed by atoms with Crippen molar-refractivity contribution in [2.75, 3.05) is 20.2 Å². The molecule has 0 aromatic rings. The van der Waals surface area contributed by atoms with Crippen molar-refractivity contribution in [3.63, 3.8) is 0 Å². The molecular weight excluding hydrogens is 284 g/mol. The molecule has 118 valence electrons. The maximum atomic E-state index is 12.1. The molecule has 1 aliphatic rings. The maximum Gasteiger partial charge on any atom is 0.304 e. The largest absolute Gasteiger partial charge is 0.481 e. The van der Waals surface area contributed by atoms with E-state index >= 15 is 0 Å². The molecule has 2 N–H and O–H groups in total. The van der Waals surface area contributed by atoms with Crippen LogP contribution in [0.2, 0.25) is 0 Å². The standard InChI is InChI=1S/C12H24N2O5S/c1-5-19-10-8-9(12(10,2)3)13-20(17,18)14(4)7-6-11(15)16/h9-10,13H,5-8H2,1-4H3,(H,15,16). The molecule has 0 saturated heterocycles. The lowest BCUT2D eigenvalue weighted by Gasteiger charge is -2.51. The number of hydrogen-bond donors (Lipinski definition) is 2. The first-order valence-electron chi connectivity index (χ1n) is 6.68. The molecule has 0 bridgehead atoms. The molecule has 1 fully saturated rings. The van der Waals surface area contributed by atoms with E-state index in [1.54, 1.807) is 0 Å². The Morgan fingerprint density at radius 2 is 2.10 bits per heavy atom. The fraction of sp³-hybridized carbons (Fsp3) is 0.917. The van der Waals surface area contributed by atoms with Crippen molar-refractivity contribution in [1.82, 2.24) is 9.03 Å². The van der Waals surface area contributed by atoms with Crippen LogP contribution in [0.3, 0.4) is 0 Å². The van der Waals surface area contributed by atoms with Gasteiger partial charge in [0.1, 0.15) is 0 Å². The van der Waals surface area contributed by atoms with Gasteiger partial charge in [-0.05, 0) is 13.3 Å². The number of aliphatic carboxylic acids is 1. The molecule has 2 unspecified atom stereocenters. The average Bonchev–Trinajstić information content (AvgIpc) is 2.34. The molecule has 0 amide bonds. The molecular formula is C12H24N2O5S. The number of carboxylic acid groups (broad SMARTS) is 1. The molecule has 1 aliphatic carbocycles. The van der Waals surface area contributed by atoms with Gasteiger partial charge in [-0.2, -0.15) is 17.4 Å². The van der Waals surface area contributed by atoms with Gasteiger partial charge in [0.15, 0.2) is 0 Å². The molecule has 2 atom stereocenters. The summed E-state index contributed by atoms with van der Waals surface area (Å²) in [5.41, 5.74) is -0.267. The summed E-state index contributed by atoms with van der Waals surface area (Å²) < 4.78 is 33.4. The highest BCUT2D eigenvalue weighted by Crippen LogP contribution is 2.43. The van der Waals surface area contributed by atoms with Gasteiger partial charge in [0, 0.05) is 31.7 Å². The van der Waals surface area contributed by atoms with E-state index < -0.39 is 16.2 Å². The van der Waals surface area contributed by atoms with Crippen molar-refractivity contribution in [2.45, 2.75) is 45.8 Å². The third-order valence-electron chi connectivity index (χ3n) is 3.89. The number of carbonyl (C=O) groups is 1. The Labute approximate surface area is 120 Å². The van der Waals surface area contributed by atoms with Crippen LogP contribution in [0.4, 0.5) is 0 Å². The molecule has 0 heterocycles. The van der Waals surface area contributed by atoms with Crippen molar-refractivity contribution < 1.29 is 23.1 Å². The summed E-state index contributed by atoms with van der Waals surface area (Å²) in [5, 5.41) is 8.59. The first-order chi connectivity index (χ1) is 9.11. The number of nitrogens with one attached hydrogen (secondary N) is 1. The molecule has 7 nitrogen and oxygen atoms in total. The van der Waals surface area contributed by atoms with Gasteiger partial charge in [0.25, 0.3) is 10.2 Å². The van der Waals surface area contributed by atoms with Crippen LogP contribution in [0.15, 0.2) is 0 Å². The van der Waals surface area contributed by atoms with E-state index in [9.17, 15) is 13.2 Å². The Balaban J connectivity index is 2.58. The molecule has 0 aromatic carbocycles. The van der Waals surface area contributed by atoms with Crippen LogP contribution in [-0.4, -0.2) is 56.1 Å². The third kappa shape index (κ3) is 3.91. The fourth-order valence-corrected chi connectivity index (χ4v) is 3.48. The van der Waals surface area contributed by atoms with Gasteiger partial charge in [-0.3, -0.25) is 4.79 Å². The highest BCUT2D eigenvalue weighted by atomic mass is 32.2. The Bertz CT molecular complexity index is 449. The van der Waals surface area contributed by atoms with Gasteiger partial charge in [-0.1, -0.05) is 13.8 Å². The van der Waals surface area contributed by atoms with Crippen LogP contribution in [0.5, 0.6) is 0 Å². The minimum absolute atomic E-state index is 0.0459. The number of rotatable bonds is 8. The zero-order valence-corrected chi connectivity index (χ0v) is 13.2. The summed E-state index contributed by atoms with van der Waals surface area (Å²) in [6, 6.07) is -0.198. The van der Waals surface area contributed by atoms with E-state index in [1.807, 2.05) is 20.8 Å². The van der Waals surface area contributed by atoms with Crippen LogP contribution in [-0.2, 0) is 19.7 Å². The first-order valence-corrected chi connectivity index (χ1v) is 8.12. The summed E-state index contributed by atoms with van der Waals surface area (Å²) in [4.78, 5) is 10.5. The van der Waals surface area contributed by atoms with Gasteiger partial charge in [0.05, 0.1) is 12.5 Å². The number of nitrogens with zero attached hydrogens (tertiary/aromatic N) is 1. The zero-order valence-electron chi connectivity index (χ0n) is 12.4. The highest BCUT2D eigenvalue weighted by Gasteiger charge is 2.50. The first kappa shape index (κ1) is 17.4. The number of ether oxygens (including phenoxy) is 1. The van der Waals surface area contributed by atoms with Crippen LogP contribution < -0.4 is 4.72 Å². The zero-order chi connectivity index (χ0) is 15.6. The smallest absolute Gasteiger partial charge is 0.304 e. The molecule has 8 heteroatoms. The van der Waals surface area contributed by atoms with E-state index in [4.69, 9.17) is 9.84 Å². The minimum Gasteiger partial charge on any atom is -0.481 e. The average molecular weight is 308 g/mol. The molecule has 1 saturated carbocycles. The van der Waals surface area contributed by atoms with E-state index in [0.29, 0.717) is 13.0 Å². The van der Waals surface area contributed by atoms with Crippen LogP contribution >= 0.6 is 0 Å². The van der Waals surface area contributed by atoms with Crippen molar-refractivity contribution in [2.24, 2.45) is 5.41 Å². The van der Waals surface area contributed by atoms with Gasteiger partial charge in [-0.15, -0.1) is 0 Å². The lowest BCUT2D eigenvalue weighted by Crippen LogP contribution is -2.63. The summed E-state index contributed by atoms with van der Waals surface area (Å²) in [6.45, 7) is 6.38. The Morgan fingerprint density at radius 3 is 2.55 bits per heavy atom. The Kier molecular flexibility index (Phi) is 5.54. The number of hydrogen-bond acceptors (Lipinski definition) is 4. The minimum atomic E-state index is -3.66. The maximum absolute atomic E-state index is 12.1. The van der Waals surface area contributed by atoms with E-state index in [0.717, 1.165) is 4.31 Å². The molecule has 0 spiro atoms. The molecule has 0 aromatic heterocycles. The van der Waals surface area contributed by atoms with Crippen LogP contribution in [0, 0.1) is 5.41 Å². The number of carboxylic acids is 1. The molecule has 0 aliphatic heterocycles. The van der Waals surface area contributed by atoms with Gasteiger partial charge in [0.2, 0.25) is 0 Å². The van der Waals surface area contributed by atoms with Crippen molar-refractivity contribution in [3.05, 3.63) is 0 Å². The summed E-state index contributed by atoms with van der Waals surface area (Å²) >= 11 is 0. The fourth-order valence-electron chi connectivity index (χ4n) is 2.21. The van der Waals surface area contributed by atoms with E-state index in [2.05, 4.69) is 4.72 Å².